The van der Waals surface area contributed by atoms with Crippen LogP contribution in [0.4, 0.5) is 0 Å². The van der Waals surface area contributed by atoms with Crippen molar-refractivity contribution in [3.8, 4) is 0 Å². The zero-order valence-corrected chi connectivity index (χ0v) is 15.4. The summed E-state index contributed by atoms with van der Waals surface area (Å²) in [4.78, 5) is 24.0. The summed E-state index contributed by atoms with van der Waals surface area (Å²) in [5.74, 6) is 0.875. The molecule has 3 aromatic rings. The van der Waals surface area contributed by atoms with Crippen molar-refractivity contribution in [2.45, 2.75) is 12.5 Å². The number of rotatable bonds is 4. The van der Waals surface area contributed by atoms with Gasteiger partial charge in [0.15, 0.2) is 0 Å². The molecule has 1 N–H and O–H groups in total. The molecule has 26 heavy (non-hydrogen) atoms. The molecule has 6 nitrogen and oxygen atoms in total. The van der Waals surface area contributed by atoms with E-state index in [-0.39, 0.29) is 11.9 Å². The number of piperazine rings is 1. The topological polar surface area (TPSA) is 63.1 Å². The Morgan fingerprint density at radius 2 is 2.19 bits per heavy atom. The van der Waals surface area contributed by atoms with E-state index in [1.54, 1.807) is 17.5 Å². The zero-order valence-electron chi connectivity index (χ0n) is 14.6. The summed E-state index contributed by atoms with van der Waals surface area (Å²) in [6.45, 7) is 2.15. The lowest BCUT2D eigenvalue weighted by atomic mass is 10.1. The van der Waals surface area contributed by atoms with E-state index >= 15 is 0 Å². The van der Waals surface area contributed by atoms with Crippen LogP contribution in [0, 0.1) is 0 Å². The van der Waals surface area contributed by atoms with Gasteiger partial charge >= 0.3 is 0 Å². The molecule has 1 fully saturated rings. The first-order valence-electron chi connectivity index (χ1n) is 8.69. The summed E-state index contributed by atoms with van der Waals surface area (Å²) in [5.41, 5.74) is 1.73. The predicted molar refractivity (Wildman–Crippen MR) is 101 cm³/mol. The van der Waals surface area contributed by atoms with Crippen LogP contribution < -0.4 is 5.32 Å². The molecule has 0 aliphatic carbocycles. The lowest BCUT2D eigenvalue weighted by molar-refractivity contribution is 0.0615. The second-order valence-corrected chi connectivity index (χ2v) is 7.35. The van der Waals surface area contributed by atoms with Gasteiger partial charge in [-0.25, -0.2) is 9.97 Å². The summed E-state index contributed by atoms with van der Waals surface area (Å²) in [5, 5.41) is 6.19. The van der Waals surface area contributed by atoms with Crippen molar-refractivity contribution in [2.24, 2.45) is 7.05 Å². The molecule has 134 valence electrons. The Morgan fingerprint density at radius 1 is 1.35 bits per heavy atom. The second kappa shape index (κ2) is 7.39. The van der Waals surface area contributed by atoms with Crippen molar-refractivity contribution >= 4 is 17.2 Å². The predicted octanol–water partition coefficient (Wildman–Crippen LogP) is 2.25. The van der Waals surface area contributed by atoms with Gasteiger partial charge in [-0.3, -0.25) is 4.79 Å². The molecule has 0 bridgehead atoms. The van der Waals surface area contributed by atoms with Crippen LogP contribution in [-0.2, 0) is 13.5 Å². The number of carbonyl (C=O) groups excluding carboxylic acids is 1. The number of aromatic nitrogens is 3. The molecule has 3 heterocycles. The molecule has 7 heteroatoms. The maximum atomic E-state index is 13.1. The second-order valence-electron chi connectivity index (χ2n) is 6.40. The lowest BCUT2D eigenvalue weighted by Gasteiger charge is -2.35. The summed E-state index contributed by atoms with van der Waals surface area (Å²) in [6.07, 6.45) is 4.43. The van der Waals surface area contributed by atoms with E-state index < -0.39 is 0 Å². The van der Waals surface area contributed by atoms with E-state index in [1.807, 2.05) is 46.3 Å². The quantitative estimate of drug-likeness (QED) is 0.768. The molecule has 0 spiro atoms. The number of hydrogen-bond donors (Lipinski definition) is 1. The van der Waals surface area contributed by atoms with Crippen LogP contribution in [0.5, 0.6) is 0 Å². The third-order valence-corrected chi connectivity index (χ3v) is 5.48. The maximum absolute atomic E-state index is 13.1. The SMILES string of the molecule is Cn1ccnc1C1CNCCN1C(=O)c1csc(Cc2ccccc2)n1. The van der Waals surface area contributed by atoms with Crippen molar-refractivity contribution in [2.75, 3.05) is 19.6 Å². The maximum Gasteiger partial charge on any atom is 0.274 e. The van der Waals surface area contributed by atoms with Crippen molar-refractivity contribution in [3.63, 3.8) is 0 Å². The Kier molecular flexibility index (Phi) is 4.81. The van der Waals surface area contributed by atoms with Crippen LogP contribution >= 0.6 is 11.3 Å². The van der Waals surface area contributed by atoms with Crippen molar-refractivity contribution in [1.82, 2.24) is 24.8 Å². The fraction of sp³-hybridized carbons (Fsp3) is 0.316. The number of hydrogen-bond acceptors (Lipinski definition) is 5. The highest BCUT2D eigenvalue weighted by atomic mass is 32.1. The minimum atomic E-state index is -0.0736. The van der Waals surface area contributed by atoms with E-state index in [0.717, 1.165) is 23.8 Å². The number of nitrogens with zero attached hydrogens (tertiary/aromatic N) is 4. The monoisotopic (exact) mass is 367 g/mol. The molecule has 0 radical (unpaired) electrons. The molecular weight excluding hydrogens is 346 g/mol. The Labute approximate surface area is 156 Å². The first-order chi connectivity index (χ1) is 12.7. The molecule has 1 aliphatic rings. The minimum absolute atomic E-state index is 0.0185. The summed E-state index contributed by atoms with van der Waals surface area (Å²) >= 11 is 1.54. The molecule has 1 unspecified atom stereocenters. The van der Waals surface area contributed by atoms with Crippen LogP contribution in [0.1, 0.15) is 32.9 Å². The molecule has 1 amide bonds. The van der Waals surface area contributed by atoms with Gasteiger partial charge in [0.25, 0.3) is 5.91 Å². The highest BCUT2D eigenvalue weighted by Crippen LogP contribution is 2.24. The molecule has 1 aromatic carbocycles. The van der Waals surface area contributed by atoms with E-state index in [0.29, 0.717) is 18.8 Å². The van der Waals surface area contributed by atoms with Crippen molar-refractivity contribution in [3.05, 3.63) is 70.2 Å². The Morgan fingerprint density at radius 3 is 2.96 bits per heavy atom. The summed E-state index contributed by atoms with van der Waals surface area (Å²) in [7, 11) is 1.96. The molecular formula is C19H21N5OS. The fourth-order valence-corrected chi connectivity index (χ4v) is 4.09. The van der Waals surface area contributed by atoms with Gasteiger partial charge in [0.05, 0.1) is 5.01 Å². The minimum Gasteiger partial charge on any atom is -0.336 e. The molecule has 4 rings (SSSR count). The Hall–Kier alpha value is -2.51. The van der Waals surface area contributed by atoms with Crippen LogP contribution in [-0.4, -0.2) is 45.0 Å². The van der Waals surface area contributed by atoms with Crippen LogP contribution in [0.3, 0.4) is 0 Å². The highest BCUT2D eigenvalue weighted by Gasteiger charge is 2.32. The Balaban J connectivity index is 1.53. The van der Waals surface area contributed by atoms with Gasteiger partial charge < -0.3 is 14.8 Å². The summed E-state index contributed by atoms with van der Waals surface area (Å²) < 4.78 is 1.97. The number of thiazole rings is 1. The van der Waals surface area contributed by atoms with Crippen LogP contribution in [0.15, 0.2) is 48.1 Å². The van der Waals surface area contributed by atoms with Crippen LogP contribution in [0.2, 0.25) is 0 Å². The van der Waals surface area contributed by atoms with Gasteiger partial charge in [-0.15, -0.1) is 11.3 Å². The zero-order chi connectivity index (χ0) is 17.9. The van der Waals surface area contributed by atoms with Gasteiger partial charge in [-0.05, 0) is 5.56 Å². The Bertz CT molecular complexity index is 888. The standard InChI is InChI=1S/C19H21N5OS/c1-23-9-8-21-18(23)16-12-20-7-10-24(16)19(25)15-13-26-17(22-15)11-14-5-3-2-4-6-14/h2-6,8-9,13,16,20H,7,10-12H2,1H3. The molecule has 1 aliphatic heterocycles. The molecule has 0 saturated carbocycles. The van der Waals surface area contributed by atoms with Gasteiger partial charge in [0, 0.05) is 50.9 Å². The van der Waals surface area contributed by atoms with Crippen LogP contribution in [0.25, 0.3) is 0 Å². The normalized spacial score (nSPS) is 17.4. The van der Waals surface area contributed by atoms with E-state index in [9.17, 15) is 4.79 Å². The van der Waals surface area contributed by atoms with Crippen molar-refractivity contribution in [1.29, 1.82) is 0 Å². The lowest BCUT2D eigenvalue weighted by Crippen LogP contribution is -2.49. The first kappa shape index (κ1) is 16.9. The third-order valence-electron chi connectivity index (χ3n) is 4.63. The molecule has 1 saturated heterocycles. The third kappa shape index (κ3) is 3.40. The van der Waals surface area contributed by atoms with Crippen molar-refractivity contribution < 1.29 is 4.79 Å². The van der Waals surface area contributed by atoms with E-state index in [4.69, 9.17) is 0 Å². The largest absolute Gasteiger partial charge is 0.336 e. The number of aryl methyl sites for hydroxylation is 1. The average Bonchev–Trinajstić information content (AvgIpc) is 3.31. The van der Waals surface area contributed by atoms with E-state index in [2.05, 4.69) is 27.4 Å². The number of imidazole rings is 1. The average molecular weight is 367 g/mol. The number of benzene rings is 1. The molecule has 1 atom stereocenters. The number of nitrogens with one attached hydrogen (secondary N) is 1. The fourth-order valence-electron chi connectivity index (χ4n) is 3.28. The van der Waals surface area contributed by atoms with E-state index in [1.165, 1.54) is 5.56 Å². The van der Waals surface area contributed by atoms with Gasteiger partial charge in [0.1, 0.15) is 17.6 Å². The van der Waals surface area contributed by atoms with Gasteiger partial charge in [0.2, 0.25) is 0 Å². The highest BCUT2D eigenvalue weighted by molar-refractivity contribution is 7.09. The smallest absolute Gasteiger partial charge is 0.274 e. The number of amides is 1. The van der Waals surface area contributed by atoms with Gasteiger partial charge in [-0.1, -0.05) is 30.3 Å². The summed E-state index contributed by atoms with van der Waals surface area (Å²) in [6, 6.07) is 10.1. The number of carbonyl (C=O) groups is 1. The van der Waals surface area contributed by atoms with Gasteiger partial charge in [-0.2, -0.15) is 0 Å². The molecule has 2 aromatic heterocycles. The first-order valence-corrected chi connectivity index (χ1v) is 9.57.